The van der Waals surface area contributed by atoms with Gasteiger partial charge in [-0.2, -0.15) is 5.10 Å². The van der Waals surface area contributed by atoms with E-state index >= 15 is 0 Å². The van der Waals surface area contributed by atoms with Crippen LogP contribution < -0.4 is 5.32 Å². The van der Waals surface area contributed by atoms with Gasteiger partial charge in [0.15, 0.2) is 0 Å². The number of aryl methyl sites for hydroxylation is 2. The van der Waals surface area contributed by atoms with Gasteiger partial charge in [-0.05, 0) is 48.5 Å². The van der Waals surface area contributed by atoms with Gasteiger partial charge in [0.1, 0.15) is 0 Å². The molecule has 0 amide bonds. The maximum absolute atomic E-state index is 4.58. The van der Waals surface area contributed by atoms with E-state index in [0.717, 1.165) is 41.8 Å². The lowest BCUT2D eigenvalue weighted by molar-refractivity contribution is 0.491. The van der Waals surface area contributed by atoms with E-state index in [1.54, 1.807) is 0 Å². The number of nitrogens with zero attached hydrogens (tertiary/aromatic N) is 3. The Kier molecular flexibility index (Phi) is 5.94. The molecule has 1 N–H and O–H groups in total. The van der Waals surface area contributed by atoms with E-state index < -0.39 is 0 Å². The molecule has 0 bridgehead atoms. The highest BCUT2D eigenvalue weighted by atomic mass is 79.9. The number of pyridine rings is 1. The standard InChI is InChI=1S/C16H23BrN4/c1-4-18-14(10-13-8-6-7-9-19-13)11-15-16(17)12(3)20-21(15)5-2/h6-9,14,18H,4-5,10-11H2,1-3H3. The third kappa shape index (κ3) is 4.14. The Labute approximate surface area is 135 Å². The maximum atomic E-state index is 4.58. The summed E-state index contributed by atoms with van der Waals surface area (Å²) in [6.45, 7) is 8.16. The van der Waals surface area contributed by atoms with Crippen LogP contribution >= 0.6 is 15.9 Å². The first kappa shape index (κ1) is 16.2. The topological polar surface area (TPSA) is 42.7 Å². The van der Waals surface area contributed by atoms with Gasteiger partial charge in [0.25, 0.3) is 0 Å². The molecule has 2 heterocycles. The first-order valence-electron chi connectivity index (χ1n) is 7.50. The van der Waals surface area contributed by atoms with Crippen molar-refractivity contribution < 1.29 is 0 Å². The summed E-state index contributed by atoms with van der Waals surface area (Å²) in [5, 5.41) is 8.14. The molecule has 4 nitrogen and oxygen atoms in total. The summed E-state index contributed by atoms with van der Waals surface area (Å²) in [5.74, 6) is 0. The first-order chi connectivity index (χ1) is 10.2. The van der Waals surface area contributed by atoms with E-state index in [1.807, 2.05) is 25.3 Å². The molecule has 21 heavy (non-hydrogen) atoms. The Morgan fingerprint density at radius 1 is 1.29 bits per heavy atom. The second-order valence-electron chi connectivity index (χ2n) is 5.15. The number of halogens is 1. The van der Waals surface area contributed by atoms with Gasteiger partial charge < -0.3 is 5.32 Å². The molecule has 2 aromatic rings. The van der Waals surface area contributed by atoms with Crippen LogP contribution in [0.15, 0.2) is 28.9 Å². The molecule has 0 spiro atoms. The quantitative estimate of drug-likeness (QED) is 0.833. The Morgan fingerprint density at radius 3 is 2.71 bits per heavy atom. The summed E-state index contributed by atoms with van der Waals surface area (Å²) in [6.07, 6.45) is 3.73. The fourth-order valence-corrected chi connectivity index (χ4v) is 3.02. The van der Waals surface area contributed by atoms with Gasteiger partial charge in [0.05, 0.1) is 15.9 Å². The predicted octanol–water partition coefficient (Wildman–Crippen LogP) is 3.13. The van der Waals surface area contributed by atoms with Crippen LogP contribution in [0.2, 0.25) is 0 Å². The van der Waals surface area contributed by atoms with E-state index in [-0.39, 0.29) is 0 Å². The number of nitrogens with one attached hydrogen (secondary N) is 1. The van der Waals surface area contributed by atoms with Crippen LogP contribution in [-0.4, -0.2) is 27.4 Å². The monoisotopic (exact) mass is 350 g/mol. The summed E-state index contributed by atoms with van der Waals surface area (Å²) in [4.78, 5) is 4.44. The van der Waals surface area contributed by atoms with Crippen LogP contribution in [0.5, 0.6) is 0 Å². The number of aromatic nitrogens is 3. The molecule has 0 saturated carbocycles. The fraction of sp³-hybridized carbons (Fsp3) is 0.500. The number of rotatable bonds is 7. The lowest BCUT2D eigenvalue weighted by atomic mass is 10.0. The van der Waals surface area contributed by atoms with Crippen molar-refractivity contribution in [2.24, 2.45) is 0 Å². The molecule has 0 aliphatic heterocycles. The van der Waals surface area contributed by atoms with Gasteiger partial charge in [0.2, 0.25) is 0 Å². The second-order valence-corrected chi connectivity index (χ2v) is 5.94. The third-order valence-electron chi connectivity index (χ3n) is 3.57. The van der Waals surface area contributed by atoms with Gasteiger partial charge in [0, 0.05) is 37.3 Å². The molecule has 0 aromatic carbocycles. The van der Waals surface area contributed by atoms with Crippen LogP contribution in [0.25, 0.3) is 0 Å². The van der Waals surface area contributed by atoms with Crippen LogP contribution in [0.4, 0.5) is 0 Å². The predicted molar refractivity (Wildman–Crippen MR) is 89.4 cm³/mol. The second kappa shape index (κ2) is 7.71. The molecular weight excluding hydrogens is 328 g/mol. The van der Waals surface area contributed by atoms with Gasteiger partial charge in [-0.3, -0.25) is 9.67 Å². The summed E-state index contributed by atoms with van der Waals surface area (Å²) in [6, 6.07) is 6.45. The normalized spacial score (nSPS) is 12.6. The van der Waals surface area contributed by atoms with E-state index in [1.165, 1.54) is 5.69 Å². The average Bonchev–Trinajstić information content (AvgIpc) is 2.76. The van der Waals surface area contributed by atoms with Crippen LogP contribution in [-0.2, 0) is 19.4 Å². The fourth-order valence-electron chi connectivity index (χ4n) is 2.57. The van der Waals surface area contributed by atoms with Crippen LogP contribution in [0.1, 0.15) is 30.9 Å². The molecule has 0 aliphatic rings. The van der Waals surface area contributed by atoms with Crippen molar-refractivity contribution in [1.29, 1.82) is 0 Å². The third-order valence-corrected chi connectivity index (χ3v) is 4.60. The molecule has 1 unspecified atom stereocenters. The molecule has 114 valence electrons. The number of likely N-dealkylation sites (N-methyl/N-ethyl adjacent to an activating group) is 1. The van der Waals surface area contributed by atoms with E-state index in [4.69, 9.17) is 0 Å². The SMILES string of the molecule is CCNC(Cc1ccccn1)Cc1c(Br)c(C)nn1CC. The zero-order valence-electron chi connectivity index (χ0n) is 12.9. The molecule has 0 aliphatic carbocycles. The van der Waals surface area contributed by atoms with E-state index in [2.05, 4.69) is 55.9 Å². The molecule has 0 fully saturated rings. The van der Waals surface area contributed by atoms with Crippen molar-refractivity contribution in [3.63, 3.8) is 0 Å². The van der Waals surface area contributed by atoms with Gasteiger partial charge in [-0.15, -0.1) is 0 Å². The Morgan fingerprint density at radius 2 is 2.10 bits per heavy atom. The van der Waals surface area contributed by atoms with Crippen LogP contribution in [0, 0.1) is 6.92 Å². The summed E-state index contributed by atoms with van der Waals surface area (Å²) >= 11 is 3.68. The van der Waals surface area contributed by atoms with Crippen molar-refractivity contribution in [3.05, 3.63) is 46.0 Å². The lowest BCUT2D eigenvalue weighted by Gasteiger charge is -2.18. The minimum Gasteiger partial charge on any atom is -0.313 e. The first-order valence-corrected chi connectivity index (χ1v) is 8.30. The van der Waals surface area contributed by atoms with Crippen molar-refractivity contribution in [3.8, 4) is 0 Å². The molecule has 0 saturated heterocycles. The minimum atomic E-state index is 0.364. The molecular formula is C16H23BrN4. The summed E-state index contributed by atoms with van der Waals surface area (Å²) < 4.78 is 3.22. The van der Waals surface area contributed by atoms with Gasteiger partial charge in [-0.25, -0.2) is 0 Å². The highest BCUT2D eigenvalue weighted by Crippen LogP contribution is 2.23. The Balaban J connectivity index is 2.16. The largest absolute Gasteiger partial charge is 0.313 e. The highest BCUT2D eigenvalue weighted by molar-refractivity contribution is 9.10. The Hall–Kier alpha value is -1.20. The van der Waals surface area contributed by atoms with Crippen molar-refractivity contribution in [2.75, 3.05) is 6.54 Å². The number of hydrogen-bond donors (Lipinski definition) is 1. The molecule has 1 atom stereocenters. The Bertz CT molecular complexity index is 565. The lowest BCUT2D eigenvalue weighted by Crippen LogP contribution is -2.34. The highest BCUT2D eigenvalue weighted by Gasteiger charge is 2.17. The van der Waals surface area contributed by atoms with E-state index in [0.29, 0.717) is 6.04 Å². The molecule has 2 aromatic heterocycles. The number of hydrogen-bond acceptors (Lipinski definition) is 3. The van der Waals surface area contributed by atoms with Crippen molar-refractivity contribution in [1.82, 2.24) is 20.1 Å². The zero-order chi connectivity index (χ0) is 15.2. The maximum Gasteiger partial charge on any atom is 0.0738 e. The zero-order valence-corrected chi connectivity index (χ0v) is 14.5. The smallest absolute Gasteiger partial charge is 0.0738 e. The van der Waals surface area contributed by atoms with E-state index in [9.17, 15) is 0 Å². The van der Waals surface area contributed by atoms with Crippen molar-refractivity contribution in [2.45, 2.75) is 46.2 Å². The average molecular weight is 351 g/mol. The molecule has 2 rings (SSSR count). The minimum absolute atomic E-state index is 0.364. The molecule has 0 radical (unpaired) electrons. The van der Waals surface area contributed by atoms with Crippen molar-refractivity contribution >= 4 is 15.9 Å². The van der Waals surface area contributed by atoms with Gasteiger partial charge >= 0.3 is 0 Å². The van der Waals surface area contributed by atoms with Gasteiger partial charge in [-0.1, -0.05) is 13.0 Å². The summed E-state index contributed by atoms with van der Waals surface area (Å²) in [5.41, 5.74) is 3.44. The van der Waals surface area contributed by atoms with Crippen LogP contribution in [0.3, 0.4) is 0 Å². The molecule has 5 heteroatoms. The summed E-state index contributed by atoms with van der Waals surface area (Å²) in [7, 11) is 0.